The zero-order chi connectivity index (χ0) is 12.3. The van der Waals surface area contributed by atoms with Crippen LogP contribution < -0.4 is 5.32 Å². The average molecular weight is 237 g/mol. The van der Waals surface area contributed by atoms with Gasteiger partial charge in [-0.25, -0.2) is 4.98 Å². The van der Waals surface area contributed by atoms with Crippen LogP contribution in [0.25, 0.3) is 0 Å². The fourth-order valence-electron chi connectivity index (χ4n) is 2.06. The van der Waals surface area contributed by atoms with E-state index < -0.39 is 0 Å². The highest BCUT2D eigenvalue weighted by molar-refractivity contribution is 5.90. The van der Waals surface area contributed by atoms with Crippen molar-refractivity contribution in [2.75, 3.05) is 26.7 Å². The largest absolute Gasteiger partial charge is 0.349 e. The number of carbonyl (C=O) groups is 1. The van der Waals surface area contributed by atoms with Gasteiger partial charge in [-0.05, 0) is 25.9 Å². The Kier molecular flexibility index (Phi) is 3.73. The lowest BCUT2D eigenvalue weighted by Crippen LogP contribution is -2.31. The predicted octanol–water partition coefficient (Wildman–Crippen LogP) is 0.0486. The molecule has 1 amide bonds. The van der Waals surface area contributed by atoms with Crippen LogP contribution in [0.1, 0.15) is 29.8 Å². The van der Waals surface area contributed by atoms with Crippen molar-refractivity contribution in [2.24, 2.45) is 5.92 Å². The molecule has 1 fully saturated rings. The fraction of sp³-hybridized carbons (Fsp3) is 0.727. The van der Waals surface area contributed by atoms with Gasteiger partial charge in [0.1, 0.15) is 5.82 Å². The molecule has 6 nitrogen and oxygen atoms in total. The molecule has 0 saturated carbocycles. The number of aromatic nitrogens is 3. The smallest absolute Gasteiger partial charge is 0.290 e. The van der Waals surface area contributed by atoms with Gasteiger partial charge in [0.05, 0.1) is 0 Å². The first-order valence-electron chi connectivity index (χ1n) is 6.07. The molecule has 0 bridgehead atoms. The monoisotopic (exact) mass is 237 g/mol. The van der Waals surface area contributed by atoms with Crippen molar-refractivity contribution in [1.82, 2.24) is 25.4 Å². The summed E-state index contributed by atoms with van der Waals surface area (Å²) >= 11 is 0. The van der Waals surface area contributed by atoms with Gasteiger partial charge in [-0.15, -0.1) is 5.10 Å². The van der Waals surface area contributed by atoms with E-state index in [9.17, 15) is 4.79 Å². The minimum atomic E-state index is -0.185. The van der Waals surface area contributed by atoms with E-state index in [4.69, 9.17) is 0 Å². The molecule has 0 spiro atoms. The number of hydrogen-bond donors (Lipinski definition) is 2. The lowest BCUT2D eigenvalue weighted by molar-refractivity contribution is 0.0937. The highest BCUT2D eigenvalue weighted by atomic mass is 16.2. The van der Waals surface area contributed by atoms with E-state index in [1.165, 1.54) is 0 Å². The third kappa shape index (κ3) is 3.03. The summed E-state index contributed by atoms with van der Waals surface area (Å²) < 4.78 is 0. The molecule has 1 atom stereocenters. The summed E-state index contributed by atoms with van der Waals surface area (Å²) in [5, 5.41) is 9.52. The molecule has 17 heavy (non-hydrogen) atoms. The van der Waals surface area contributed by atoms with E-state index in [1.807, 2.05) is 6.92 Å². The first-order valence-corrected chi connectivity index (χ1v) is 6.07. The zero-order valence-corrected chi connectivity index (χ0v) is 10.4. The molecule has 6 heteroatoms. The molecule has 1 unspecified atom stereocenters. The van der Waals surface area contributed by atoms with Gasteiger partial charge in [0.15, 0.2) is 0 Å². The van der Waals surface area contributed by atoms with Crippen molar-refractivity contribution in [3.05, 3.63) is 11.6 Å². The van der Waals surface area contributed by atoms with Crippen LogP contribution in [0.4, 0.5) is 0 Å². The molecule has 1 saturated heterocycles. The summed E-state index contributed by atoms with van der Waals surface area (Å²) in [5.41, 5.74) is 0. The van der Waals surface area contributed by atoms with Crippen molar-refractivity contribution in [2.45, 2.75) is 19.8 Å². The third-order valence-electron chi connectivity index (χ3n) is 3.11. The summed E-state index contributed by atoms with van der Waals surface area (Å²) in [6, 6.07) is 0. The SMILES string of the molecule is CCc1nc(C(=O)NCC2CCN(C)C2)n[nH]1. The van der Waals surface area contributed by atoms with Gasteiger partial charge in [-0.1, -0.05) is 6.92 Å². The van der Waals surface area contributed by atoms with Crippen molar-refractivity contribution >= 4 is 5.91 Å². The molecule has 0 aromatic carbocycles. The molecule has 2 N–H and O–H groups in total. The molecular weight excluding hydrogens is 218 g/mol. The quantitative estimate of drug-likeness (QED) is 0.776. The van der Waals surface area contributed by atoms with Crippen molar-refractivity contribution in [1.29, 1.82) is 0 Å². The fourth-order valence-corrected chi connectivity index (χ4v) is 2.06. The molecule has 0 radical (unpaired) electrons. The number of amides is 1. The number of likely N-dealkylation sites (tertiary alicyclic amines) is 1. The number of nitrogens with zero attached hydrogens (tertiary/aromatic N) is 3. The maximum atomic E-state index is 11.7. The first kappa shape index (κ1) is 12.0. The molecule has 94 valence electrons. The summed E-state index contributed by atoms with van der Waals surface area (Å²) in [7, 11) is 2.10. The second-order valence-corrected chi connectivity index (χ2v) is 4.59. The Morgan fingerprint density at radius 3 is 3.06 bits per heavy atom. The van der Waals surface area contributed by atoms with Gasteiger partial charge in [-0.2, -0.15) is 0 Å². The van der Waals surface area contributed by atoms with E-state index in [0.29, 0.717) is 12.5 Å². The van der Waals surface area contributed by atoms with Gasteiger partial charge in [0.2, 0.25) is 5.82 Å². The Bertz CT molecular complexity index is 389. The predicted molar refractivity (Wildman–Crippen MR) is 63.7 cm³/mol. The highest BCUT2D eigenvalue weighted by Crippen LogP contribution is 2.12. The van der Waals surface area contributed by atoms with Crippen molar-refractivity contribution in [3.63, 3.8) is 0 Å². The van der Waals surface area contributed by atoms with Crippen LogP contribution in [0.2, 0.25) is 0 Å². The van der Waals surface area contributed by atoms with Gasteiger partial charge >= 0.3 is 0 Å². The van der Waals surface area contributed by atoms with Gasteiger partial charge in [0, 0.05) is 19.5 Å². The number of aromatic amines is 1. The standard InChI is InChI=1S/C11H19N5O/c1-3-9-13-10(15-14-9)11(17)12-6-8-4-5-16(2)7-8/h8H,3-7H2,1-2H3,(H,12,17)(H,13,14,15). The Labute approximate surface area is 101 Å². The normalized spacial score (nSPS) is 20.7. The van der Waals surface area contributed by atoms with Gasteiger partial charge in [-0.3, -0.25) is 9.89 Å². The number of rotatable bonds is 4. The van der Waals surface area contributed by atoms with E-state index >= 15 is 0 Å². The third-order valence-corrected chi connectivity index (χ3v) is 3.11. The van der Waals surface area contributed by atoms with Crippen LogP contribution in [-0.2, 0) is 6.42 Å². The zero-order valence-electron chi connectivity index (χ0n) is 10.4. The molecule has 2 heterocycles. The van der Waals surface area contributed by atoms with E-state index in [-0.39, 0.29) is 11.7 Å². The van der Waals surface area contributed by atoms with Crippen LogP contribution in [0, 0.1) is 5.92 Å². The Morgan fingerprint density at radius 2 is 2.47 bits per heavy atom. The summed E-state index contributed by atoms with van der Waals surface area (Å²) in [6.45, 7) is 4.84. The van der Waals surface area contributed by atoms with Crippen LogP contribution >= 0.6 is 0 Å². The Hall–Kier alpha value is -1.43. The summed E-state index contributed by atoms with van der Waals surface area (Å²) in [6.07, 6.45) is 1.90. The maximum absolute atomic E-state index is 11.7. The highest BCUT2D eigenvalue weighted by Gasteiger charge is 2.20. The van der Waals surface area contributed by atoms with Crippen LogP contribution in [0.15, 0.2) is 0 Å². The average Bonchev–Trinajstić information content (AvgIpc) is 2.94. The molecule has 1 aromatic heterocycles. The van der Waals surface area contributed by atoms with Gasteiger partial charge in [0.25, 0.3) is 5.91 Å². The topological polar surface area (TPSA) is 73.9 Å². The molecule has 2 rings (SSSR count). The lowest BCUT2D eigenvalue weighted by Gasteiger charge is -2.10. The summed E-state index contributed by atoms with van der Waals surface area (Å²) in [5.74, 6) is 1.35. The maximum Gasteiger partial charge on any atom is 0.290 e. The van der Waals surface area contributed by atoms with Crippen molar-refractivity contribution in [3.8, 4) is 0 Å². The van der Waals surface area contributed by atoms with E-state index in [2.05, 4.69) is 32.4 Å². The minimum absolute atomic E-state index is 0.185. The van der Waals surface area contributed by atoms with Crippen LogP contribution in [0.3, 0.4) is 0 Å². The lowest BCUT2D eigenvalue weighted by atomic mass is 10.1. The number of nitrogens with one attached hydrogen (secondary N) is 2. The number of hydrogen-bond acceptors (Lipinski definition) is 4. The number of aryl methyl sites for hydroxylation is 1. The molecule has 0 aliphatic carbocycles. The molecular formula is C11H19N5O. The molecule has 1 aromatic rings. The van der Waals surface area contributed by atoms with E-state index in [1.54, 1.807) is 0 Å². The van der Waals surface area contributed by atoms with Gasteiger partial charge < -0.3 is 10.2 Å². The number of H-pyrrole nitrogens is 1. The molecule has 1 aliphatic heterocycles. The summed E-state index contributed by atoms with van der Waals surface area (Å²) in [4.78, 5) is 18.1. The van der Waals surface area contributed by atoms with Crippen molar-refractivity contribution < 1.29 is 4.79 Å². The second-order valence-electron chi connectivity index (χ2n) is 4.59. The Balaban J connectivity index is 1.81. The Morgan fingerprint density at radius 1 is 1.65 bits per heavy atom. The molecule has 1 aliphatic rings. The minimum Gasteiger partial charge on any atom is -0.349 e. The van der Waals surface area contributed by atoms with Crippen LogP contribution in [0.5, 0.6) is 0 Å². The van der Waals surface area contributed by atoms with E-state index in [0.717, 1.165) is 31.8 Å². The second kappa shape index (κ2) is 5.27. The number of carbonyl (C=O) groups excluding carboxylic acids is 1. The van der Waals surface area contributed by atoms with Crippen LogP contribution in [-0.4, -0.2) is 52.7 Å². The first-order chi connectivity index (χ1) is 8.19.